The first kappa shape index (κ1) is 24.6. The van der Waals surface area contributed by atoms with Gasteiger partial charge in [-0.3, -0.25) is 9.59 Å². The Morgan fingerprint density at radius 1 is 1.03 bits per heavy atom. The zero-order valence-electron chi connectivity index (χ0n) is 17.5. The Morgan fingerprint density at radius 3 is 2.27 bits per heavy atom. The number of halogens is 2. The highest BCUT2D eigenvalue weighted by Gasteiger charge is 2.27. The molecule has 0 aliphatic heterocycles. The van der Waals surface area contributed by atoms with Crippen LogP contribution < -0.4 is 5.32 Å². The van der Waals surface area contributed by atoms with Crippen LogP contribution in [-0.2, 0) is 21.9 Å². The Labute approximate surface area is 193 Å². The molecule has 2 aromatic carbocycles. The van der Waals surface area contributed by atoms with E-state index in [-0.39, 0.29) is 30.2 Å². The van der Waals surface area contributed by atoms with Crippen LogP contribution in [0.5, 0.6) is 0 Å². The van der Waals surface area contributed by atoms with Crippen molar-refractivity contribution in [2.75, 3.05) is 5.75 Å². The van der Waals surface area contributed by atoms with E-state index in [0.29, 0.717) is 15.6 Å². The number of carbonyl (C=O) groups is 2. The minimum Gasteiger partial charge on any atom is -0.352 e. The highest BCUT2D eigenvalue weighted by Crippen LogP contribution is 2.27. The number of thioether (sulfide) groups is 1. The summed E-state index contributed by atoms with van der Waals surface area (Å²) in [4.78, 5) is 27.4. The van der Waals surface area contributed by atoms with E-state index in [1.807, 2.05) is 44.2 Å². The molecule has 0 saturated carbocycles. The van der Waals surface area contributed by atoms with E-state index in [1.54, 1.807) is 30.0 Å². The SMILES string of the molecule is CC[C@@H](C)NC(=O)[C@H](C)N(Cc1c(Cl)cccc1Cl)C(=O)CSCc1ccccc1. The van der Waals surface area contributed by atoms with Crippen molar-refractivity contribution >= 4 is 46.8 Å². The average Bonchev–Trinajstić information content (AvgIpc) is 2.73. The second-order valence-electron chi connectivity index (χ2n) is 7.19. The van der Waals surface area contributed by atoms with Crippen molar-refractivity contribution in [1.82, 2.24) is 10.2 Å². The number of rotatable bonds is 10. The number of nitrogens with zero attached hydrogens (tertiary/aromatic N) is 1. The predicted molar refractivity (Wildman–Crippen MR) is 127 cm³/mol. The van der Waals surface area contributed by atoms with Crippen molar-refractivity contribution < 1.29 is 9.59 Å². The van der Waals surface area contributed by atoms with Crippen molar-refractivity contribution in [2.45, 2.75) is 51.6 Å². The summed E-state index contributed by atoms with van der Waals surface area (Å²) < 4.78 is 0. The monoisotopic (exact) mass is 466 g/mol. The van der Waals surface area contributed by atoms with Crippen molar-refractivity contribution in [1.29, 1.82) is 0 Å². The zero-order valence-corrected chi connectivity index (χ0v) is 19.9. The van der Waals surface area contributed by atoms with Crippen LogP contribution in [0.15, 0.2) is 48.5 Å². The van der Waals surface area contributed by atoms with Gasteiger partial charge in [-0.15, -0.1) is 11.8 Å². The number of benzene rings is 2. The van der Waals surface area contributed by atoms with Crippen LogP contribution in [0.4, 0.5) is 0 Å². The predicted octanol–water partition coefficient (Wildman–Crippen LogP) is 5.56. The third-order valence-corrected chi connectivity index (χ3v) is 6.59. The molecule has 0 saturated heterocycles. The van der Waals surface area contributed by atoms with E-state index in [4.69, 9.17) is 23.2 Å². The molecule has 162 valence electrons. The molecule has 2 amide bonds. The number of hydrogen-bond acceptors (Lipinski definition) is 3. The van der Waals surface area contributed by atoms with Gasteiger partial charge in [0.2, 0.25) is 11.8 Å². The van der Waals surface area contributed by atoms with Gasteiger partial charge in [0.1, 0.15) is 6.04 Å². The molecule has 0 aliphatic rings. The molecule has 0 fully saturated rings. The molecule has 7 heteroatoms. The van der Waals surface area contributed by atoms with Crippen LogP contribution in [0.2, 0.25) is 10.0 Å². The molecular formula is C23H28Cl2N2O2S. The minimum absolute atomic E-state index is 0.0354. The first-order valence-electron chi connectivity index (χ1n) is 9.97. The topological polar surface area (TPSA) is 49.4 Å². The van der Waals surface area contributed by atoms with Crippen LogP contribution in [-0.4, -0.2) is 34.6 Å². The van der Waals surface area contributed by atoms with E-state index >= 15 is 0 Å². The molecule has 2 rings (SSSR count). The third kappa shape index (κ3) is 7.22. The summed E-state index contributed by atoms with van der Waals surface area (Å²) in [6.07, 6.45) is 0.815. The lowest BCUT2D eigenvalue weighted by Gasteiger charge is -2.30. The first-order chi connectivity index (χ1) is 14.3. The lowest BCUT2D eigenvalue weighted by atomic mass is 10.1. The van der Waals surface area contributed by atoms with Crippen LogP contribution in [0.25, 0.3) is 0 Å². The Bertz CT molecular complexity index is 828. The van der Waals surface area contributed by atoms with Crippen molar-refractivity contribution in [3.05, 3.63) is 69.7 Å². The lowest BCUT2D eigenvalue weighted by Crippen LogP contribution is -2.50. The summed E-state index contributed by atoms with van der Waals surface area (Å²) in [6, 6.07) is 14.6. The highest BCUT2D eigenvalue weighted by molar-refractivity contribution is 7.99. The van der Waals surface area contributed by atoms with Gasteiger partial charge in [0, 0.05) is 33.9 Å². The van der Waals surface area contributed by atoms with E-state index < -0.39 is 6.04 Å². The van der Waals surface area contributed by atoms with Crippen molar-refractivity contribution in [3.63, 3.8) is 0 Å². The maximum atomic E-state index is 13.1. The van der Waals surface area contributed by atoms with Crippen LogP contribution >= 0.6 is 35.0 Å². The number of hydrogen-bond donors (Lipinski definition) is 1. The molecule has 2 aromatic rings. The Morgan fingerprint density at radius 2 is 1.67 bits per heavy atom. The molecule has 4 nitrogen and oxygen atoms in total. The second kappa shape index (κ2) is 12.2. The molecule has 0 heterocycles. The van der Waals surface area contributed by atoms with Crippen LogP contribution in [0.3, 0.4) is 0 Å². The van der Waals surface area contributed by atoms with Gasteiger partial charge in [-0.05, 0) is 38.0 Å². The van der Waals surface area contributed by atoms with E-state index in [9.17, 15) is 9.59 Å². The van der Waals surface area contributed by atoms with Gasteiger partial charge >= 0.3 is 0 Å². The molecule has 0 aliphatic carbocycles. The quantitative estimate of drug-likeness (QED) is 0.498. The summed E-state index contributed by atoms with van der Waals surface area (Å²) in [6.45, 7) is 5.86. The Kier molecular flexibility index (Phi) is 10.0. The maximum Gasteiger partial charge on any atom is 0.242 e. The largest absolute Gasteiger partial charge is 0.352 e. The molecule has 0 spiro atoms. The van der Waals surface area contributed by atoms with Gasteiger partial charge in [-0.25, -0.2) is 0 Å². The Balaban J connectivity index is 2.14. The van der Waals surface area contributed by atoms with E-state index in [1.165, 1.54) is 11.8 Å². The zero-order chi connectivity index (χ0) is 22.1. The molecule has 0 aromatic heterocycles. The van der Waals surface area contributed by atoms with Gasteiger partial charge in [-0.2, -0.15) is 0 Å². The molecule has 2 atom stereocenters. The minimum atomic E-state index is -0.642. The van der Waals surface area contributed by atoms with Crippen LogP contribution in [0.1, 0.15) is 38.3 Å². The molecule has 0 bridgehead atoms. The highest BCUT2D eigenvalue weighted by atomic mass is 35.5. The summed E-state index contributed by atoms with van der Waals surface area (Å²) in [5.74, 6) is 0.672. The van der Waals surface area contributed by atoms with E-state index in [0.717, 1.165) is 17.7 Å². The molecule has 30 heavy (non-hydrogen) atoms. The van der Waals surface area contributed by atoms with Gasteiger partial charge in [-0.1, -0.05) is 66.5 Å². The number of carbonyl (C=O) groups excluding carboxylic acids is 2. The summed E-state index contributed by atoms with van der Waals surface area (Å²) in [7, 11) is 0. The van der Waals surface area contributed by atoms with Crippen LogP contribution in [0, 0.1) is 0 Å². The summed E-state index contributed by atoms with van der Waals surface area (Å²) in [5, 5.41) is 3.91. The third-order valence-electron chi connectivity index (χ3n) is 4.90. The molecule has 0 radical (unpaired) electrons. The fraction of sp³-hybridized carbons (Fsp3) is 0.391. The first-order valence-corrected chi connectivity index (χ1v) is 11.9. The van der Waals surface area contributed by atoms with Crippen molar-refractivity contribution in [2.24, 2.45) is 0 Å². The van der Waals surface area contributed by atoms with Gasteiger partial charge < -0.3 is 10.2 Å². The average molecular weight is 467 g/mol. The van der Waals surface area contributed by atoms with Gasteiger partial charge in [0.05, 0.1) is 5.75 Å². The normalized spacial score (nSPS) is 12.8. The maximum absolute atomic E-state index is 13.1. The standard InChI is InChI=1S/C23H28Cl2N2O2S/c1-4-16(2)26-23(29)17(3)27(13-19-20(24)11-8-12-21(19)25)22(28)15-30-14-18-9-6-5-7-10-18/h5-12,16-17H,4,13-15H2,1-3H3,(H,26,29)/t16-,17+/m1/s1. The Hall–Kier alpha value is -1.69. The fourth-order valence-corrected chi connectivity index (χ4v) is 4.20. The van der Waals surface area contributed by atoms with Gasteiger partial charge in [0.15, 0.2) is 0 Å². The van der Waals surface area contributed by atoms with E-state index in [2.05, 4.69) is 5.32 Å². The number of amides is 2. The summed E-state index contributed by atoms with van der Waals surface area (Å²) >= 11 is 14.2. The lowest BCUT2D eigenvalue weighted by molar-refractivity contribution is -0.138. The van der Waals surface area contributed by atoms with Crippen molar-refractivity contribution in [3.8, 4) is 0 Å². The summed E-state index contributed by atoms with van der Waals surface area (Å²) in [5.41, 5.74) is 1.80. The molecular weight excluding hydrogens is 439 g/mol. The second-order valence-corrected chi connectivity index (χ2v) is 8.99. The fourth-order valence-electron chi connectivity index (χ4n) is 2.82. The smallest absolute Gasteiger partial charge is 0.242 e. The van der Waals surface area contributed by atoms with Gasteiger partial charge in [0.25, 0.3) is 0 Å². The number of nitrogens with one attached hydrogen (secondary N) is 1. The molecule has 0 unspecified atom stereocenters. The molecule has 1 N–H and O–H groups in total.